The second-order valence-electron chi connectivity index (χ2n) is 8.85. The van der Waals surface area contributed by atoms with E-state index < -0.39 is 22.8 Å². The Balaban J connectivity index is 1.95. The van der Waals surface area contributed by atoms with Crippen LogP contribution >= 0.6 is 0 Å². The van der Waals surface area contributed by atoms with Gasteiger partial charge in [-0.05, 0) is 50.4 Å². The molecule has 1 unspecified atom stereocenters. The van der Waals surface area contributed by atoms with E-state index >= 15 is 0 Å². The highest BCUT2D eigenvalue weighted by Crippen LogP contribution is 2.24. The van der Waals surface area contributed by atoms with Crippen molar-refractivity contribution in [3.8, 4) is 0 Å². The van der Waals surface area contributed by atoms with E-state index in [1.54, 1.807) is 11.8 Å². The van der Waals surface area contributed by atoms with E-state index in [4.69, 9.17) is 15.3 Å². The largest absolute Gasteiger partial charge is 0.465 e. The van der Waals surface area contributed by atoms with Crippen LogP contribution in [0.4, 0.5) is 0 Å². The summed E-state index contributed by atoms with van der Waals surface area (Å²) in [6.07, 6.45) is 2.86. The fourth-order valence-corrected chi connectivity index (χ4v) is 4.31. The average molecular weight is 517 g/mol. The van der Waals surface area contributed by atoms with E-state index in [1.807, 2.05) is 19.1 Å². The summed E-state index contributed by atoms with van der Waals surface area (Å²) in [4.78, 5) is 32.5. The second-order valence-corrected chi connectivity index (χ2v) is 8.85. The number of amidine groups is 1. The van der Waals surface area contributed by atoms with Gasteiger partial charge in [-0.3, -0.25) is 30.0 Å². The standard InChI is InChI=1S/C24H36N8O5/c1-3-5-13-37-24-26-22(28-29-25)21(32(34)35)23(27-24)31(17-20(33)36-4-2)16-19-10-8-9-18(14-19)15-30-11-6-7-12-30/h8-10,14,23H,3-7,11-13,15-17H2,1-2H3,(H2,25,28)(H,26,27). The van der Waals surface area contributed by atoms with Crippen LogP contribution in [0.15, 0.2) is 51.1 Å². The number of carbonyl (C=O) groups is 1. The first kappa shape index (κ1) is 28.0. The molecule has 2 heterocycles. The Morgan fingerprint density at radius 2 is 2.08 bits per heavy atom. The number of unbranched alkanes of at least 4 members (excludes halogenated alkanes) is 1. The van der Waals surface area contributed by atoms with Crippen molar-refractivity contribution in [2.45, 2.75) is 58.8 Å². The predicted octanol–water partition coefficient (Wildman–Crippen LogP) is 2.52. The first-order chi connectivity index (χ1) is 17.9. The van der Waals surface area contributed by atoms with Crippen molar-refractivity contribution in [2.75, 3.05) is 32.8 Å². The topological polar surface area (TPSA) is 160 Å². The summed E-state index contributed by atoms with van der Waals surface area (Å²) in [5.74, 6) is 4.50. The van der Waals surface area contributed by atoms with Gasteiger partial charge in [0.1, 0.15) is 0 Å². The van der Waals surface area contributed by atoms with Crippen LogP contribution in [0, 0.1) is 10.1 Å². The normalized spacial score (nSPS) is 18.2. The van der Waals surface area contributed by atoms with Crippen LogP contribution in [-0.4, -0.2) is 65.7 Å². The van der Waals surface area contributed by atoms with Crippen molar-refractivity contribution >= 4 is 12.0 Å². The molecule has 0 aromatic heterocycles. The predicted molar refractivity (Wildman–Crippen MR) is 136 cm³/mol. The van der Waals surface area contributed by atoms with Crippen LogP contribution in [0.1, 0.15) is 50.7 Å². The van der Waals surface area contributed by atoms with Crippen LogP contribution in [0.2, 0.25) is 0 Å². The van der Waals surface area contributed by atoms with E-state index in [-0.39, 0.29) is 31.5 Å². The molecule has 0 spiro atoms. The minimum atomic E-state index is -1.19. The van der Waals surface area contributed by atoms with Gasteiger partial charge in [0.25, 0.3) is 6.02 Å². The maximum atomic E-state index is 12.5. The first-order valence-electron chi connectivity index (χ1n) is 12.6. The molecule has 2 aliphatic rings. The van der Waals surface area contributed by atoms with Crippen molar-refractivity contribution < 1.29 is 19.2 Å². The molecule has 1 saturated heterocycles. The Bertz CT molecular complexity index is 1020. The molecule has 0 bridgehead atoms. The van der Waals surface area contributed by atoms with E-state index in [9.17, 15) is 14.9 Å². The highest BCUT2D eigenvalue weighted by molar-refractivity contribution is 5.77. The van der Waals surface area contributed by atoms with Gasteiger partial charge in [0.15, 0.2) is 0 Å². The second kappa shape index (κ2) is 14.2. The van der Waals surface area contributed by atoms with E-state index in [0.29, 0.717) is 6.61 Å². The van der Waals surface area contributed by atoms with Gasteiger partial charge < -0.3 is 15.3 Å². The number of ether oxygens (including phenoxy) is 2. The number of hydrogen-bond donors (Lipinski definition) is 2. The van der Waals surface area contributed by atoms with Gasteiger partial charge in [0.2, 0.25) is 12.0 Å². The molecule has 1 aromatic carbocycles. The Kier molecular flexibility index (Phi) is 10.8. The van der Waals surface area contributed by atoms with Crippen molar-refractivity contribution in [2.24, 2.45) is 21.2 Å². The van der Waals surface area contributed by atoms with E-state index in [2.05, 4.69) is 37.7 Å². The number of nitrogens with one attached hydrogen (secondary N) is 1. The van der Waals surface area contributed by atoms with Crippen molar-refractivity contribution in [1.29, 1.82) is 0 Å². The number of nitrogens with zero attached hydrogens (tertiary/aromatic N) is 6. The van der Waals surface area contributed by atoms with Crippen LogP contribution in [0.3, 0.4) is 0 Å². The number of hydrogen-bond acceptors (Lipinski definition) is 11. The number of carbonyl (C=O) groups excluding carboxylic acids is 1. The Morgan fingerprint density at radius 1 is 1.32 bits per heavy atom. The van der Waals surface area contributed by atoms with Gasteiger partial charge in [-0.15, -0.1) is 5.11 Å². The molecule has 0 saturated carbocycles. The summed E-state index contributed by atoms with van der Waals surface area (Å²) in [7, 11) is 0. The third kappa shape index (κ3) is 8.22. The Labute approximate surface area is 216 Å². The molecule has 0 amide bonds. The molecule has 3 N–H and O–H groups in total. The molecule has 1 atom stereocenters. The zero-order valence-corrected chi connectivity index (χ0v) is 21.5. The fourth-order valence-electron chi connectivity index (χ4n) is 4.31. The molecule has 202 valence electrons. The minimum absolute atomic E-state index is 0.0445. The van der Waals surface area contributed by atoms with Gasteiger partial charge in [-0.2, -0.15) is 0 Å². The molecule has 1 aromatic rings. The third-order valence-corrected chi connectivity index (χ3v) is 6.01. The van der Waals surface area contributed by atoms with Gasteiger partial charge >= 0.3 is 11.7 Å². The summed E-state index contributed by atoms with van der Waals surface area (Å²) in [6, 6.07) is 8.03. The molecule has 37 heavy (non-hydrogen) atoms. The van der Waals surface area contributed by atoms with Crippen molar-refractivity contribution in [3.63, 3.8) is 0 Å². The van der Waals surface area contributed by atoms with Crippen molar-refractivity contribution in [1.82, 2.24) is 15.1 Å². The summed E-state index contributed by atoms with van der Waals surface area (Å²) in [6.45, 7) is 7.19. The smallest absolute Gasteiger partial charge is 0.329 e. The highest BCUT2D eigenvalue weighted by atomic mass is 16.6. The maximum absolute atomic E-state index is 12.5. The summed E-state index contributed by atoms with van der Waals surface area (Å²) in [5, 5.41) is 21.8. The first-order valence-corrected chi connectivity index (χ1v) is 12.6. The number of rotatable bonds is 13. The third-order valence-electron chi connectivity index (χ3n) is 6.01. The molecule has 2 aliphatic heterocycles. The molecule has 13 nitrogen and oxygen atoms in total. The molecule has 13 heteroatoms. The monoisotopic (exact) mass is 516 g/mol. The van der Waals surface area contributed by atoms with E-state index in [0.717, 1.165) is 43.6 Å². The summed E-state index contributed by atoms with van der Waals surface area (Å²) in [5.41, 5.74) is 1.62. The highest BCUT2D eigenvalue weighted by Gasteiger charge is 2.40. The molecular weight excluding hydrogens is 480 g/mol. The fraction of sp³-hybridized carbons (Fsp3) is 0.583. The average Bonchev–Trinajstić information content (AvgIpc) is 3.37. The van der Waals surface area contributed by atoms with Gasteiger partial charge in [0, 0.05) is 13.1 Å². The number of esters is 1. The van der Waals surface area contributed by atoms with E-state index in [1.165, 1.54) is 12.8 Å². The molecule has 0 radical (unpaired) electrons. The number of aliphatic imine (C=N–C) groups is 1. The zero-order valence-electron chi connectivity index (χ0n) is 21.5. The lowest BCUT2D eigenvalue weighted by Crippen LogP contribution is -2.46. The molecule has 3 rings (SSSR count). The van der Waals surface area contributed by atoms with Crippen LogP contribution in [0.25, 0.3) is 0 Å². The van der Waals surface area contributed by atoms with Crippen LogP contribution < -0.4 is 11.2 Å². The SMILES string of the molecule is CCCCOC1=NC(N(CC(=O)OCC)Cc2cccc(CN3CCCC3)c2)C([N+](=O)[O-])=C(N=NN)N1. The number of benzene rings is 1. The van der Waals surface area contributed by atoms with Gasteiger partial charge in [-0.1, -0.05) is 42.8 Å². The lowest BCUT2D eigenvalue weighted by molar-refractivity contribution is -0.435. The maximum Gasteiger partial charge on any atom is 0.329 e. The lowest BCUT2D eigenvalue weighted by Gasteiger charge is -2.29. The molecule has 1 fully saturated rings. The number of nitro groups is 1. The molecule has 0 aliphatic carbocycles. The molecular formula is C24H36N8O5. The van der Waals surface area contributed by atoms with Gasteiger partial charge in [-0.25, -0.2) is 4.99 Å². The number of likely N-dealkylation sites (tertiary alicyclic amines) is 1. The Morgan fingerprint density at radius 3 is 2.76 bits per heavy atom. The van der Waals surface area contributed by atoms with Crippen molar-refractivity contribution in [3.05, 3.63) is 57.0 Å². The number of nitrogens with two attached hydrogens (primary N) is 1. The quantitative estimate of drug-likeness (QED) is 0.100. The Hall–Kier alpha value is -3.58. The van der Waals surface area contributed by atoms with Crippen LogP contribution in [0.5, 0.6) is 0 Å². The minimum Gasteiger partial charge on any atom is -0.465 e. The van der Waals surface area contributed by atoms with Crippen LogP contribution in [-0.2, 0) is 27.4 Å². The zero-order chi connectivity index (χ0) is 26.6. The van der Waals surface area contributed by atoms with Gasteiger partial charge in [0.05, 0.1) is 24.7 Å². The lowest BCUT2D eigenvalue weighted by atomic mass is 10.1. The summed E-state index contributed by atoms with van der Waals surface area (Å²) < 4.78 is 10.9. The summed E-state index contributed by atoms with van der Waals surface area (Å²) >= 11 is 0.